The summed E-state index contributed by atoms with van der Waals surface area (Å²) in [7, 11) is 1.95. The smallest absolute Gasteiger partial charge is 0.243 e. The summed E-state index contributed by atoms with van der Waals surface area (Å²) in [5.41, 5.74) is 3.33. The molecule has 0 fully saturated rings. The van der Waals surface area contributed by atoms with Crippen LogP contribution in [0.2, 0.25) is 0 Å². The minimum absolute atomic E-state index is 0.0577. The first-order chi connectivity index (χ1) is 7.08. The summed E-state index contributed by atoms with van der Waals surface area (Å²) < 4.78 is 0. The van der Waals surface area contributed by atoms with E-state index in [1.165, 1.54) is 5.56 Å². The van der Waals surface area contributed by atoms with Gasteiger partial charge in [0.05, 0.1) is 17.9 Å². The highest BCUT2D eigenvalue weighted by atomic mass is 16.2. The number of amides is 1. The Morgan fingerprint density at radius 3 is 2.80 bits per heavy atom. The van der Waals surface area contributed by atoms with E-state index < -0.39 is 0 Å². The highest BCUT2D eigenvalue weighted by molar-refractivity contribution is 6.01. The van der Waals surface area contributed by atoms with E-state index in [1.54, 1.807) is 0 Å². The second kappa shape index (κ2) is 3.57. The van der Waals surface area contributed by atoms with Gasteiger partial charge in [-0.2, -0.15) is 0 Å². The van der Waals surface area contributed by atoms with E-state index in [0.29, 0.717) is 12.5 Å². The Kier molecular flexibility index (Phi) is 2.39. The zero-order valence-corrected chi connectivity index (χ0v) is 9.37. The van der Waals surface area contributed by atoms with Gasteiger partial charge in [0, 0.05) is 7.05 Å². The molecule has 15 heavy (non-hydrogen) atoms. The molecule has 1 aromatic carbocycles. The van der Waals surface area contributed by atoms with Crippen LogP contribution in [0.5, 0.6) is 0 Å². The molecule has 80 valence electrons. The quantitative estimate of drug-likeness (QED) is 0.760. The fraction of sp³-hybridized carbons (Fsp3) is 0.417. The van der Waals surface area contributed by atoms with Gasteiger partial charge in [-0.25, -0.2) is 0 Å². The van der Waals surface area contributed by atoms with E-state index >= 15 is 0 Å². The van der Waals surface area contributed by atoms with Crippen LogP contribution < -0.4 is 10.2 Å². The molecule has 3 heteroatoms. The van der Waals surface area contributed by atoms with Crippen molar-refractivity contribution in [3.63, 3.8) is 0 Å². The third-order valence-corrected chi connectivity index (χ3v) is 2.75. The van der Waals surface area contributed by atoms with Gasteiger partial charge in [0.2, 0.25) is 5.91 Å². The SMILES string of the molecule is CC(C)c1ccc2c(c1)N(C)CC(=O)N2. The van der Waals surface area contributed by atoms with E-state index in [9.17, 15) is 4.79 Å². The monoisotopic (exact) mass is 204 g/mol. The zero-order chi connectivity index (χ0) is 11.0. The van der Waals surface area contributed by atoms with Crippen molar-refractivity contribution >= 4 is 17.3 Å². The van der Waals surface area contributed by atoms with E-state index in [-0.39, 0.29) is 5.91 Å². The minimum Gasteiger partial charge on any atom is -0.364 e. The summed E-state index contributed by atoms with van der Waals surface area (Å²) in [5.74, 6) is 0.573. The summed E-state index contributed by atoms with van der Waals surface area (Å²) in [6.07, 6.45) is 0. The number of hydrogen-bond acceptors (Lipinski definition) is 2. The van der Waals surface area contributed by atoms with Gasteiger partial charge in [-0.05, 0) is 23.6 Å². The molecule has 1 amide bonds. The summed E-state index contributed by atoms with van der Waals surface area (Å²) in [4.78, 5) is 13.3. The van der Waals surface area contributed by atoms with Crippen LogP contribution in [-0.4, -0.2) is 19.5 Å². The predicted octanol–water partition coefficient (Wildman–Crippen LogP) is 2.20. The summed E-state index contributed by atoms with van der Waals surface area (Å²) in [6.45, 7) is 4.78. The molecular formula is C12H16N2O. The Bertz CT molecular complexity index is 399. The molecule has 0 radical (unpaired) electrons. The number of nitrogens with zero attached hydrogens (tertiary/aromatic N) is 1. The molecule has 0 aromatic heterocycles. The lowest BCUT2D eigenvalue weighted by Gasteiger charge is -2.28. The maximum Gasteiger partial charge on any atom is 0.243 e. The zero-order valence-electron chi connectivity index (χ0n) is 9.37. The van der Waals surface area contributed by atoms with Gasteiger partial charge in [0.1, 0.15) is 0 Å². The van der Waals surface area contributed by atoms with Crippen molar-refractivity contribution in [2.45, 2.75) is 19.8 Å². The lowest BCUT2D eigenvalue weighted by molar-refractivity contribution is -0.115. The van der Waals surface area contributed by atoms with Crippen molar-refractivity contribution in [3.8, 4) is 0 Å². The van der Waals surface area contributed by atoms with Crippen LogP contribution >= 0.6 is 0 Å². The number of fused-ring (bicyclic) bond motifs is 1. The molecule has 0 saturated heterocycles. The second-order valence-electron chi connectivity index (χ2n) is 4.34. The average molecular weight is 204 g/mol. The number of likely N-dealkylation sites (N-methyl/N-ethyl adjacent to an activating group) is 1. The van der Waals surface area contributed by atoms with Gasteiger partial charge in [-0.1, -0.05) is 19.9 Å². The lowest BCUT2D eigenvalue weighted by Crippen LogP contribution is -2.35. The first-order valence-corrected chi connectivity index (χ1v) is 5.23. The molecule has 3 nitrogen and oxygen atoms in total. The summed E-state index contributed by atoms with van der Waals surface area (Å²) in [6, 6.07) is 6.21. The molecule has 1 N–H and O–H groups in total. The van der Waals surface area contributed by atoms with Crippen molar-refractivity contribution in [2.24, 2.45) is 0 Å². The molecule has 2 rings (SSSR count). The highest BCUT2D eigenvalue weighted by Crippen LogP contribution is 2.31. The van der Waals surface area contributed by atoms with Crippen LogP contribution in [0.15, 0.2) is 18.2 Å². The van der Waals surface area contributed by atoms with Crippen LogP contribution in [0, 0.1) is 0 Å². The first-order valence-electron chi connectivity index (χ1n) is 5.23. The van der Waals surface area contributed by atoms with Crippen molar-refractivity contribution in [2.75, 3.05) is 23.8 Å². The van der Waals surface area contributed by atoms with Crippen LogP contribution in [0.3, 0.4) is 0 Å². The third-order valence-electron chi connectivity index (χ3n) is 2.75. The topological polar surface area (TPSA) is 32.3 Å². The van der Waals surface area contributed by atoms with Gasteiger partial charge in [0.25, 0.3) is 0 Å². The normalized spacial score (nSPS) is 15.2. The van der Waals surface area contributed by atoms with Crippen molar-refractivity contribution in [1.82, 2.24) is 0 Å². The number of carbonyl (C=O) groups is 1. The molecule has 0 unspecified atom stereocenters. The predicted molar refractivity (Wildman–Crippen MR) is 62.4 cm³/mol. The largest absolute Gasteiger partial charge is 0.364 e. The molecule has 1 heterocycles. The Hall–Kier alpha value is -1.51. The number of carbonyl (C=O) groups excluding carboxylic acids is 1. The average Bonchev–Trinajstić information content (AvgIpc) is 2.16. The molecule has 1 aliphatic rings. The Labute approximate surface area is 90.1 Å². The molecular weight excluding hydrogens is 188 g/mol. The summed E-state index contributed by atoms with van der Waals surface area (Å²) >= 11 is 0. The van der Waals surface area contributed by atoms with Gasteiger partial charge >= 0.3 is 0 Å². The molecule has 0 saturated carbocycles. The second-order valence-corrected chi connectivity index (χ2v) is 4.34. The van der Waals surface area contributed by atoms with Gasteiger partial charge in [-0.3, -0.25) is 4.79 Å². The molecule has 1 aromatic rings. The Morgan fingerprint density at radius 1 is 1.40 bits per heavy atom. The number of rotatable bonds is 1. The van der Waals surface area contributed by atoms with Crippen molar-refractivity contribution in [1.29, 1.82) is 0 Å². The first kappa shape index (κ1) is 10.0. The Balaban J connectivity index is 2.43. The lowest BCUT2D eigenvalue weighted by atomic mass is 10.0. The maximum absolute atomic E-state index is 11.3. The molecule has 0 atom stereocenters. The van der Waals surface area contributed by atoms with Crippen LogP contribution in [-0.2, 0) is 4.79 Å². The number of hydrogen-bond donors (Lipinski definition) is 1. The number of nitrogens with one attached hydrogen (secondary N) is 1. The molecule has 0 bridgehead atoms. The maximum atomic E-state index is 11.3. The standard InChI is InChI=1S/C12H16N2O/c1-8(2)9-4-5-10-11(6-9)14(3)7-12(15)13-10/h4-6,8H,7H2,1-3H3,(H,13,15). The van der Waals surface area contributed by atoms with Gasteiger partial charge in [-0.15, -0.1) is 0 Å². The van der Waals surface area contributed by atoms with E-state index in [4.69, 9.17) is 0 Å². The number of benzene rings is 1. The van der Waals surface area contributed by atoms with Crippen LogP contribution in [0.4, 0.5) is 11.4 Å². The van der Waals surface area contributed by atoms with Gasteiger partial charge < -0.3 is 10.2 Å². The van der Waals surface area contributed by atoms with E-state index in [2.05, 4.69) is 31.3 Å². The van der Waals surface area contributed by atoms with Crippen molar-refractivity contribution in [3.05, 3.63) is 23.8 Å². The third kappa shape index (κ3) is 1.82. The highest BCUT2D eigenvalue weighted by Gasteiger charge is 2.19. The van der Waals surface area contributed by atoms with Crippen LogP contribution in [0.1, 0.15) is 25.3 Å². The fourth-order valence-electron chi connectivity index (χ4n) is 1.82. The Morgan fingerprint density at radius 2 is 2.13 bits per heavy atom. The van der Waals surface area contributed by atoms with Crippen molar-refractivity contribution < 1.29 is 4.79 Å². The van der Waals surface area contributed by atoms with E-state index in [0.717, 1.165) is 11.4 Å². The van der Waals surface area contributed by atoms with Crippen LogP contribution in [0.25, 0.3) is 0 Å². The van der Waals surface area contributed by atoms with E-state index in [1.807, 2.05) is 18.0 Å². The molecule has 0 aliphatic carbocycles. The van der Waals surface area contributed by atoms with Gasteiger partial charge in [0.15, 0.2) is 0 Å². The molecule has 0 spiro atoms. The summed E-state index contributed by atoms with van der Waals surface area (Å²) in [5, 5.41) is 2.88. The fourth-order valence-corrected chi connectivity index (χ4v) is 1.82. The minimum atomic E-state index is 0.0577. The number of anilines is 2. The molecule has 1 aliphatic heterocycles.